The first-order valence-electron chi connectivity index (χ1n) is 4.23. The van der Waals surface area contributed by atoms with Gasteiger partial charge in [-0.3, -0.25) is 0 Å². The lowest BCUT2D eigenvalue weighted by atomic mass is 10.1. The van der Waals surface area contributed by atoms with Gasteiger partial charge in [0.05, 0.1) is 0 Å². The number of H-pyrrole nitrogens is 1. The second-order valence-corrected chi connectivity index (χ2v) is 3.76. The third-order valence-corrected chi connectivity index (χ3v) is 2.52. The summed E-state index contributed by atoms with van der Waals surface area (Å²) in [5.74, 6) is 0.574. The number of nitrogen functional groups attached to an aromatic ring is 1. The number of likely N-dealkylation sites (N-methyl/N-ethyl adjacent to an activating group) is 1. The van der Waals surface area contributed by atoms with Crippen LogP contribution in [0.2, 0.25) is 0 Å². The Morgan fingerprint density at radius 2 is 2.38 bits per heavy atom. The van der Waals surface area contributed by atoms with Crippen LogP contribution in [0.3, 0.4) is 0 Å². The number of nitrogens with two attached hydrogens (primary N) is 1. The van der Waals surface area contributed by atoms with E-state index in [1.54, 1.807) is 0 Å². The van der Waals surface area contributed by atoms with Gasteiger partial charge in [0, 0.05) is 30.8 Å². The summed E-state index contributed by atoms with van der Waals surface area (Å²) < 4.78 is 0.487. The van der Waals surface area contributed by atoms with Gasteiger partial charge >= 0.3 is 0 Å². The summed E-state index contributed by atoms with van der Waals surface area (Å²) in [4.78, 5) is 9.34. The highest BCUT2D eigenvalue weighted by Crippen LogP contribution is 2.19. The van der Waals surface area contributed by atoms with Crippen molar-refractivity contribution in [2.45, 2.75) is 13.0 Å². The highest BCUT2D eigenvalue weighted by atomic mass is 32.1. The van der Waals surface area contributed by atoms with Gasteiger partial charge in [-0.2, -0.15) is 0 Å². The number of nitrogens with one attached hydrogen (secondary N) is 1. The molecule has 0 aromatic carbocycles. The smallest absolute Gasteiger partial charge is 0.198 e. The van der Waals surface area contributed by atoms with Crippen LogP contribution in [-0.2, 0) is 13.0 Å². The lowest BCUT2D eigenvalue weighted by Gasteiger charge is -2.24. The molecule has 3 N–H and O–H groups in total. The van der Waals surface area contributed by atoms with E-state index >= 15 is 0 Å². The minimum absolute atomic E-state index is 0.487. The molecule has 1 aromatic heterocycles. The fourth-order valence-electron chi connectivity index (χ4n) is 1.61. The molecule has 2 heterocycles. The number of nitrogens with zero attached hydrogens (tertiary/aromatic N) is 2. The van der Waals surface area contributed by atoms with E-state index in [1.807, 2.05) is 0 Å². The van der Waals surface area contributed by atoms with Gasteiger partial charge in [-0.15, -0.1) is 0 Å². The minimum atomic E-state index is 0.487. The number of hydrogen-bond donors (Lipinski definition) is 2. The molecular weight excluding hydrogens is 184 g/mol. The molecular formula is C8H12N4S. The van der Waals surface area contributed by atoms with Gasteiger partial charge < -0.3 is 15.6 Å². The molecule has 13 heavy (non-hydrogen) atoms. The Bertz CT molecular complexity index is 384. The molecule has 0 atom stereocenters. The van der Waals surface area contributed by atoms with Crippen LogP contribution in [0, 0.1) is 4.77 Å². The number of anilines is 1. The van der Waals surface area contributed by atoms with Crippen molar-refractivity contribution in [2.75, 3.05) is 19.3 Å². The minimum Gasteiger partial charge on any atom is -0.383 e. The standard InChI is InChI=1S/C8H12N4S/c1-12-3-2-6-5(4-12)7(9)11-8(13)10-6/h2-4H2,1H3,(H3,9,10,11,13). The summed E-state index contributed by atoms with van der Waals surface area (Å²) in [5.41, 5.74) is 8.03. The van der Waals surface area contributed by atoms with Crippen LogP contribution >= 0.6 is 12.2 Å². The average Bonchev–Trinajstić information content (AvgIpc) is 2.06. The summed E-state index contributed by atoms with van der Waals surface area (Å²) in [6.07, 6.45) is 0.974. The monoisotopic (exact) mass is 196 g/mol. The topological polar surface area (TPSA) is 57.9 Å². The average molecular weight is 196 g/mol. The van der Waals surface area contributed by atoms with E-state index in [1.165, 1.54) is 0 Å². The molecule has 0 unspecified atom stereocenters. The Balaban J connectivity index is 2.53. The van der Waals surface area contributed by atoms with Crippen molar-refractivity contribution in [2.24, 2.45) is 0 Å². The fraction of sp³-hybridized carbons (Fsp3) is 0.500. The molecule has 0 saturated heterocycles. The molecule has 1 aromatic rings. The van der Waals surface area contributed by atoms with Crippen LogP contribution in [0.25, 0.3) is 0 Å². The molecule has 1 aliphatic rings. The second-order valence-electron chi connectivity index (χ2n) is 3.37. The normalized spacial score (nSPS) is 17.0. The third kappa shape index (κ3) is 1.57. The number of fused-ring (bicyclic) bond motifs is 1. The van der Waals surface area contributed by atoms with E-state index in [0.29, 0.717) is 10.6 Å². The summed E-state index contributed by atoms with van der Waals surface area (Å²) >= 11 is 4.95. The predicted octanol–water partition coefficient (Wildman–Crippen LogP) is 0.709. The maximum atomic E-state index is 5.78. The zero-order valence-electron chi connectivity index (χ0n) is 7.50. The number of aromatic nitrogens is 2. The Kier molecular flexibility index (Phi) is 2.05. The lowest BCUT2D eigenvalue weighted by molar-refractivity contribution is 0.310. The third-order valence-electron chi connectivity index (χ3n) is 2.32. The van der Waals surface area contributed by atoms with E-state index in [-0.39, 0.29) is 0 Å². The van der Waals surface area contributed by atoms with Crippen LogP contribution in [0.4, 0.5) is 5.82 Å². The van der Waals surface area contributed by atoms with Crippen molar-refractivity contribution in [3.63, 3.8) is 0 Å². The van der Waals surface area contributed by atoms with E-state index in [9.17, 15) is 0 Å². The summed E-state index contributed by atoms with van der Waals surface area (Å²) in [6.45, 7) is 1.90. The van der Waals surface area contributed by atoms with Crippen LogP contribution in [0.1, 0.15) is 11.3 Å². The van der Waals surface area contributed by atoms with Gasteiger partial charge in [-0.25, -0.2) is 4.98 Å². The molecule has 0 radical (unpaired) electrons. The lowest BCUT2D eigenvalue weighted by Crippen LogP contribution is -2.28. The summed E-state index contributed by atoms with van der Waals surface area (Å²) in [6, 6.07) is 0. The Morgan fingerprint density at radius 3 is 3.15 bits per heavy atom. The maximum Gasteiger partial charge on any atom is 0.198 e. The molecule has 5 heteroatoms. The summed E-state index contributed by atoms with van der Waals surface area (Å²) in [5, 5.41) is 0. The molecule has 4 nitrogen and oxygen atoms in total. The van der Waals surface area contributed by atoms with Gasteiger partial charge in [0.25, 0.3) is 0 Å². The highest BCUT2D eigenvalue weighted by molar-refractivity contribution is 7.71. The Morgan fingerprint density at radius 1 is 1.62 bits per heavy atom. The largest absolute Gasteiger partial charge is 0.383 e. The van der Waals surface area contributed by atoms with E-state index in [4.69, 9.17) is 18.0 Å². The molecule has 70 valence electrons. The fourth-order valence-corrected chi connectivity index (χ4v) is 1.83. The number of hydrogen-bond acceptors (Lipinski definition) is 4. The SMILES string of the molecule is CN1CCc2[nH]c(=S)nc(N)c2C1. The first-order chi connectivity index (χ1) is 6.16. The number of aromatic amines is 1. The van der Waals surface area contributed by atoms with Gasteiger partial charge in [0.2, 0.25) is 0 Å². The zero-order valence-corrected chi connectivity index (χ0v) is 8.32. The maximum absolute atomic E-state index is 5.78. The van der Waals surface area contributed by atoms with Crippen molar-refractivity contribution in [1.29, 1.82) is 0 Å². The molecule has 0 saturated carbocycles. The Hall–Kier alpha value is -0.940. The second kappa shape index (κ2) is 3.08. The van der Waals surface area contributed by atoms with Crippen molar-refractivity contribution < 1.29 is 0 Å². The molecule has 1 aliphatic heterocycles. The Labute approximate surface area is 81.8 Å². The van der Waals surface area contributed by atoms with Crippen LogP contribution in [0.15, 0.2) is 0 Å². The number of rotatable bonds is 0. The van der Waals surface area contributed by atoms with E-state index in [0.717, 1.165) is 30.8 Å². The van der Waals surface area contributed by atoms with Crippen LogP contribution < -0.4 is 5.73 Å². The molecule has 0 amide bonds. The van der Waals surface area contributed by atoms with Crippen LogP contribution in [-0.4, -0.2) is 28.5 Å². The first-order valence-corrected chi connectivity index (χ1v) is 4.64. The zero-order chi connectivity index (χ0) is 9.42. The van der Waals surface area contributed by atoms with Gasteiger partial charge in [0.1, 0.15) is 5.82 Å². The van der Waals surface area contributed by atoms with Crippen LogP contribution in [0.5, 0.6) is 0 Å². The molecule has 0 bridgehead atoms. The molecule has 0 fully saturated rings. The molecule has 2 rings (SSSR count). The molecule has 0 spiro atoms. The van der Waals surface area contributed by atoms with Gasteiger partial charge in [-0.05, 0) is 19.3 Å². The van der Waals surface area contributed by atoms with Crippen molar-refractivity contribution in [1.82, 2.24) is 14.9 Å². The summed E-state index contributed by atoms with van der Waals surface area (Å²) in [7, 11) is 2.07. The van der Waals surface area contributed by atoms with Gasteiger partial charge in [0.15, 0.2) is 4.77 Å². The van der Waals surface area contributed by atoms with Crippen molar-refractivity contribution in [3.05, 3.63) is 16.0 Å². The predicted molar refractivity (Wildman–Crippen MR) is 53.9 cm³/mol. The van der Waals surface area contributed by atoms with Gasteiger partial charge in [-0.1, -0.05) is 0 Å². The highest BCUT2D eigenvalue weighted by Gasteiger charge is 2.16. The molecule has 0 aliphatic carbocycles. The first kappa shape index (κ1) is 8.65. The van der Waals surface area contributed by atoms with Crippen molar-refractivity contribution >= 4 is 18.0 Å². The van der Waals surface area contributed by atoms with E-state index < -0.39 is 0 Å². The van der Waals surface area contributed by atoms with E-state index in [2.05, 4.69) is 21.9 Å². The van der Waals surface area contributed by atoms with Crippen molar-refractivity contribution in [3.8, 4) is 0 Å². The quantitative estimate of drug-likeness (QED) is 0.600.